The average Bonchev–Trinajstić information content (AvgIpc) is 3.28. The molecule has 0 unspecified atom stereocenters. The number of hydrogen-bond acceptors (Lipinski definition) is 8. The molecule has 9 nitrogen and oxygen atoms in total. The third kappa shape index (κ3) is 5.37. The van der Waals surface area contributed by atoms with Crippen molar-refractivity contribution in [2.24, 2.45) is 0 Å². The first-order valence-electron chi connectivity index (χ1n) is 10.7. The predicted molar refractivity (Wildman–Crippen MR) is 118 cm³/mol. The van der Waals surface area contributed by atoms with E-state index in [0.29, 0.717) is 18.7 Å². The minimum Gasteiger partial charge on any atom is -0.489 e. The Bertz CT molecular complexity index is 844. The monoisotopic (exact) mass is 448 g/mol. The Morgan fingerprint density at radius 3 is 2.62 bits per heavy atom. The Labute approximate surface area is 187 Å². The zero-order valence-corrected chi connectivity index (χ0v) is 18.4. The summed E-state index contributed by atoms with van der Waals surface area (Å²) in [5.41, 5.74) is 2.12. The molecule has 2 fully saturated rings. The van der Waals surface area contributed by atoms with Gasteiger partial charge in [0, 0.05) is 17.7 Å². The van der Waals surface area contributed by atoms with Gasteiger partial charge in [-0.3, -0.25) is 4.79 Å². The fourth-order valence-electron chi connectivity index (χ4n) is 3.91. The molecule has 0 aromatic heterocycles. The molecule has 6 atom stereocenters. The number of aliphatic hydroxyl groups excluding tert-OH is 3. The molecule has 5 N–H and O–H groups in total. The van der Waals surface area contributed by atoms with Crippen LogP contribution in [-0.4, -0.2) is 77.7 Å². The lowest BCUT2D eigenvalue weighted by molar-refractivity contribution is -0.155. The van der Waals surface area contributed by atoms with Crippen LogP contribution in [0, 0.1) is 0 Å². The molecule has 1 amide bonds. The van der Waals surface area contributed by atoms with E-state index >= 15 is 0 Å². The van der Waals surface area contributed by atoms with Crippen molar-refractivity contribution < 1.29 is 34.3 Å². The summed E-state index contributed by atoms with van der Waals surface area (Å²) in [7, 11) is 0. The van der Waals surface area contributed by atoms with Gasteiger partial charge in [-0.25, -0.2) is 0 Å². The Hall–Kier alpha value is -2.27. The fourth-order valence-corrected chi connectivity index (χ4v) is 3.91. The number of ether oxygens (including phenoxy) is 3. The van der Waals surface area contributed by atoms with Crippen molar-refractivity contribution >= 4 is 12.0 Å². The second-order valence-corrected chi connectivity index (χ2v) is 7.93. The molecule has 9 heteroatoms. The molecule has 1 aliphatic carbocycles. The molecule has 1 aromatic carbocycles. The summed E-state index contributed by atoms with van der Waals surface area (Å²) in [6.07, 6.45) is -2.16. The first kappa shape index (κ1) is 24.4. The maximum atomic E-state index is 12.8. The molecule has 0 radical (unpaired) electrons. The highest BCUT2D eigenvalue weighted by atomic mass is 16.7. The largest absolute Gasteiger partial charge is 0.489 e. The van der Waals surface area contributed by atoms with Gasteiger partial charge in [0.25, 0.3) is 0 Å². The second-order valence-electron chi connectivity index (χ2n) is 7.93. The van der Waals surface area contributed by atoms with Gasteiger partial charge in [0.15, 0.2) is 0 Å². The molecule has 1 aliphatic heterocycles. The van der Waals surface area contributed by atoms with Gasteiger partial charge in [-0.1, -0.05) is 25.6 Å². The van der Waals surface area contributed by atoms with Crippen LogP contribution in [-0.2, 0) is 20.8 Å². The topological polar surface area (TPSA) is 130 Å². The van der Waals surface area contributed by atoms with Crippen LogP contribution in [0.5, 0.6) is 5.75 Å². The van der Waals surface area contributed by atoms with E-state index in [4.69, 9.17) is 14.2 Å². The van der Waals surface area contributed by atoms with Gasteiger partial charge >= 0.3 is 0 Å². The Kier molecular flexibility index (Phi) is 8.41. The Balaban J connectivity index is 1.73. The van der Waals surface area contributed by atoms with E-state index in [9.17, 15) is 20.1 Å². The Morgan fingerprint density at radius 2 is 1.94 bits per heavy atom. The smallest absolute Gasteiger partial charge is 0.247 e. The maximum absolute atomic E-state index is 12.8. The first-order valence-corrected chi connectivity index (χ1v) is 10.7. The lowest BCUT2D eigenvalue weighted by Gasteiger charge is -2.41. The number of carbonyl (C=O) groups excluding carboxylic acids is 1. The van der Waals surface area contributed by atoms with Gasteiger partial charge in [-0.15, -0.1) is 0 Å². The maximum Gasteiger partial charge on any atom is 0.247 e. The number of benzene rings is 1. The van der Waals surface area contributed by atoms with Crippen LogP contribution in [0.25, 0.3) is 6.08 Å². The molecule has 0 bridgehead atoms. The minimum atomic E-state index is -1.39. The predicted octanol–water partition coefficient (Wildman–Crippen LogP) is 0.0868. The van der Waals surface area contributed by atoms with Crippen molar-refractivity contribution in [2.75, 3.05) is 19.9 Å². The standard InChI is InChI=1S/C23H32N2O7/c1-4-8-30-16-7-6-14(10-15(16)11-24-5-2)9-13(3)23(29)25-17-18(26)20(28)22-21(19(17)27)31-12-32-22/h4,6-7,9-10,17-22,24,26-28H,1,5,8,11-12H2,2-3H3,(H,25,29)/b13-9+/t17-,18+,19-,20-,21+,22-/m1/s1. The summed E-state index contributed by atoms with van der Waals surface area (Å²) in [6.45, 7) is 9.03. The Morgan fingerprint density at radius 1 is 1.22 bits per heavy atom. The van der Waals surface area contributed by atoms with E-state index in [1.807, 2.05) is 25.1 Å². The average molecular weight is 449 g/mol. The third-order valence-electron chi connectivity index (χ3n) is 5.65. The number of aliphatic hydroxyl groups is 3. The molecule has 0 spiro atoms. The molecular weight excluding hydrogens is 416 g/mol. The van der Waals surface area contributed by atoms with Gasteiger partial charge in [0.1, 0.15) is 49.7 Å². The van der Waals surface area contributed by atoms with E-state index < -0.39 is 42.5 Å². The minimum absolute atomic E-state index is 0.0858. The summed E-state index contributed by atoms with van der Waals surface area (Å²) >= 11 is 0. The molecular formula is C23H32N2O7. The van der Waals surface area contributed by atoms with Gasteiger partial charge in [0.2, 0.25) is 5.91 Å². The lowest BCUT2D eigenvalue weighted by atomic mass is 9.83. The molecule has 32 heavy (non-hydrogen) atoms. The molecule has 1 aromatic rings. The highest BCUT2D eigenvalue weighted by molar-refractivity contribution is 5.97. The number of hydrogen-bond donors (Lipinski definition) is 5. The van der Waals surface area contributed by atoms with Crippen LogP contribution in [0.3, 0.4) is 0 Å². The van der Waals surface area contributed by atoms with Crippen LogP contribution in [0.2, 0.25) is 0 Å². The summed E-state index contributed by atoms with van der Waals surface area (Å²) in [5, 5.41) is 37.1. The number of rotatable bonds is 9. The highest BCUT2D eigenvalue weighted by Crippen LogP contribution is 2.30. The SMILES string of the molecule is C=CCOc1ccc(/C=C(\C)C(=O)N[C@@H]2[C@H](O)[C@@H](O)[C@H]3OCO[C@H]3[C@@H]2O)cc1CNCC. The molecule has 176 valence electrons. The van der Waals surface area contributed by atoms with E-state index in [1.54, 1.807) is 19.1 Å². The van der Waals surface area contributed by atoms with Gasteiger partial charge < -0.3 is 40.2 Å². The van der Waals surface area contributed by atoms with Gasteiger partial charge in [-0.05, 0) is 37.2 Å². The van der Waals surface area contributed by atoms with Crippen LogP contribution < -0.4 is 15.4 Å². The molecule has 1 saturated heterocycles. The first-order chi connectivity index (χ1) is 15.4. The van der Waals surface area contributed by atoms with Crippen molar-refractivity contribution in [1.82, 2.24) is 10.6 Å². The van der Waals surface area contributed by atoms with Crippen LogP contribution in [0.15, 0.2) is 36.4 Å². The third-order valence-corrected chi connectivity index (χ3v) is 5.65. The zero-order chi connectivity index (χ0) is 23.3. The molecule has 2 aliphatic rings. The summed E-state index contributed by atoms with van der Waals surface area (Å²) in [6, 6.07) is 4.52. The number of carbonyl (C=O) groups is 1. The lowest BCUT2D eigenvalue weighted by Crippen LogP contribution is -2.67. The normalized spacial score (nSPS) is 30.0. The van der Waals surface area contributed by atoms with Crippen LogP contribution in [0.4, 0.5) is 0 Å². The van der Waals surface area contributed by atoms with E-state index in [0.717, 1.165) is 23.4 Å². The molecule has 3 rings (SSSR count). The quantitative estimate of drug-likeness (QED) is 0.266. The highest BCUT2D eigenvalue weighted by Gasteiger charge is 2.53. The number of nitrogens with one attached hydrogen (secondary N) is 2. The van der Waals surface area contributed by atoms with Crippen LogP contribution >= 0.6 is 0 Å². The number of amides is 1. The van der Waals surface area contributed by atoms with E-state index in [1.165, 1.54) is 0 Å². The zero-order valence-electron chi connectivity index (χ0n) is 18.4. The summed E-state index contributed by atoms with van der Waals surface area (Å²) in [5.74, 6) is 0.263. The fraction of sp³-hybridized carbons (Fsp3) is 0.522. The van der Waals surface area contributed by atoms with E-state index in [-0.39, 0.29) is 6.79 Å². The van der Waals surface area contributed by atoms with Crippen molar-refractivity contribution in [1.29, 1.82) is 0 Å². The molecule has 1 heterocycles. The van der Waals surface area contributed by atoms with E-state index in [2.05, 4.69) is 17.2 Å². The van der Waals surface area contributed by atoms with Gasteiger partial charge in [0.05, 0.1) is 6.04 Å². The summed E-state index contributed by atoms with van der Waals surface area (Å²) < 4.78 is 16.2. The summed E-state index contributed by atoms with van der Waals surface area (Å²) in [4.78, 5) is 12.8. The van der Waals surface area contributed by atoms with Crippen molar-refractivity contribution in [3.8, 4) is 5.75 Å². The molecule has 1 saturated carbocycles. The number of fused-ring (bicyclic) bond motifs is 1. The van der Waals surface area contributed by atoms with Gasteiger partial charge in [-0.2, -0.15) is 0 Å². The van der Waals surface area contributed by atoms with Crippen molar-refractivity contribution in [3.05, 3.63) is 47.6 Å². The van der Waals surface area contributed by atoms with Crippen LogP contribution in [0.1, 0.15) is 25.0 Å². The van der Waals surface area contributed by atoms with Crippen molar-refractivity contribution in [2.45, 2.75) is 57.0 Å². The second kappa shape index (κ2) is 11.0. The van der Waals surface area contributed by atoms with Crippen molar-refractivity contribution in [3.63, 3.8) is 0 Å².